The third-order valence-corrected chi connectivity index (χ3v) is 3.93. The average molecular weight is 271 g/mol. The lowest BCUT2D eigenvalue weighted by Crippen LogP contribution is -2.51. The quantitative estimate of drug-likeness (QED) is 0.454. The van der Waals surface area contributed by atoms with Crippen LogP contribution in [0.25, 0.3) is 0 Å². The molecular weight excluding hydrogens is 250 g/mol. The molecule has 7 heteroatoms. The predicted molar refractivity (Wildman–Crippen MR) is 67.9 cm³/mol. The van der Waals surface area contributed by atoms with Gasteiger partial charge < -0.3 is 22.3 Å². The van der Waals surface area contributed by atoms with Crippen LogP contribution in [0.4, 0.5) is 0 Å². The number of Topliss-reactive ketones (excluding diaryl/α,β-unsaturated/α-hetero) is 1. The molecule has 7 N–H and O–H groups in total. The fourth-order valence-corrected chi connectivity index (χ4v) is 2.64. The van der Waals surface area contributed by atoms with Crippen molar-refractivity contribution in [2.24, 2.45) is 28.5 Å². The molecule has 108 valence electrons. The third kappa shape index (κ3) is 3.30. The van der Waals surface area contributed by atoms with Crippen LogP contribution in [0.15, 0.2) is 0 Å². The summed E-state index contributed by atoms with van der Waals surface area (Å²) in [4.78, 5) is 34.5. The topological polar surface area (TPSA) is 150 Å². The number of nitrogens with two attached hydrogens (primary N) is 3. The number of hydrogen-bond donors (Lipinski definition) is 4. The third-order valence-electron chi connectivity index (χ3n) is 3.93. The minimum Gasteiger partial charge on any atom is -0.480 e. The lowest BCUT2D eigenvalue weighted by Gasteiger charge is -2.36. The highest BCUT2D eigenvalue weighted by molar-refractivity contribution is 6.06. The van der Waals surface area contributed by atoms with E-state index in [9.17, 15) is 19.5 Å². The van der Waals surface area contributed by atoms with Gasteiger partial charge in [0.1, 0.15) is 5.41 Å². The molecule has 1 atom stereocenters. The second kappa shape index (κ2) is 6.12. The number of primary amides is 1. The Bertz CT molecular complexity index is 375. The zero-order valence-corrected chi connectivity index (χ0v) is 10.8. The summed E-state index contributed by atoms with van der Waals surface area (Å²) in [5.41, 5.74) is 14.7. The molecule has 1 aliphatic carbocycles. The van der Waals surface area contributed by atoms with Crippen molar-refractivity contribution in [1.82, 2.24) is 0 Å². The summed E-state index contributed by atoms with van der Waals surface area (Å²) in [5.74, 6) is -2.24. The van der Waals surface area contributed by atoms with E-state index in [-0.39, 0.29) is 25.2 Å². The van der Waals surface area contributed by atoms with Crippen LogP contribution in [0.3, 0.4) is 0 Å². The molecule has 1 saturated carbocycles. The first-order valence-corrected chi connectivity index (χ1v) is 6.35. The van der Waals surface area contributed by atoms with Crippen LogP contribution in [0.1, 0.15) is 32.1 Å². The number of carboxylic acids is 1. The molecule has 1 aliphatic rings. The summed E-state index contributed by atoms with van der Waals surface area (Å²) < 4.78 is 0. The molecule has 7 nitrogen and oxygen atoms in total. The molecule has 0 heterocycles. The molecule has 1 fully saturated rings. The Balaban J connectivity index is 2.86. The molecular formula is C12H21N3O4. The molecule has 0 bridgehead atoms. The summed E-state index contributed by atoms with van der Waals surface area (Å²) in [6.07, 6.45) is 1.27. The average Bonchev–Trinajstić information content (AvgIpc) is 2.36. The highest BCUT2D eigenvalue weighted by atomic mass is 16.4. The number of aliphatic carboxylic acids is 1. The first kappa shape index (κ1) is 15.6. The van der Waals surface area contributed by atoms with Crippen molar-refractivity contribution >= 4 is 17.7 Å². The van der Waals surface area contributed by atoms with Gasteiger partial charge in [-0.05, 0) is 38.1 Å². The summed E-state index contributed by atoms with van der Waals surface area (Å²) in [6.45, 7) is 0.483. The van der Waals surface area contributed by atoms with Gasteiger partial charge in [-0.3, -0.25) is 14.4 Å². The van der Waals surface area contributed by atoms with Gasteiger partial charge >= 0.3 is 5.97 Å². The monoisotopic (exact) mass is 271 g/mol. The fourth-order valence-electron chi connectivity index (χ4n) is 2.64. The Morgan fingerprint density at radius 1 is 1.26 bits per heavy atom. The molecule has 0 saturated heterocycles. The standard InChI is InChI=1S/C12H21N3O4/c13-6-7-1-3-12(4-2-7,11(18)19)10(17)8(14)5-9(15)16/h7-8H,1-6,13-14H2,(H2,15,16)(H,18,19)/t7?,8-,12?/m0/s1. The molecule has 1 rings (SSSR count). The van der Waals surface area contributed by atoms with Gasteiger partial charge in [-0.25, -0.2) is 0 Å². The number of carbonyl (C=O) groups excluding carboxylic acids is 2. The zero-order valence-electron chi connectivity index (χ0n) is 10.8. The van der Waals surface area contributed by atoms with E-state index in [0.717, 1.165) is 0 Å². The van der Waals surface area contributed by atoms with Gasteiger partial charge in [0, 0.05) is 6.42 Å². The van der Waals surface area contributed by atoms with Crippen molar-refractivity contribution in [1.29, 1.82) is 0 Å². The van der Waals surface area contributed by atoms with E-state index >= 15 is 0 Å². The van der Waals surface area contributed by atoms with Crippen molar-refractivity contribution < 1.29 is 19.5 Å². The lowest BCUT2D eigenvalue weighted by atomic mass is 9.66. The van der Waals surface area contributed by atoms with Crippen LogP contribution in [-0.4, -0.2) is 35.4 Å². The molecule has 0 radical (unpaired) electrons. The van der Waals surface area contributed by atoms with Crippen LogP contribution < -0.4 is 17.2 Å². The van der Waals surface area contributed by atoms with Crippen LogP contribution in [-0.2, 0) is 14.4 Å². The minimum atomic E-state index is -1.49. The molecule has 0 aromatic carbocycles. The van der Waals surface area contributed by atoms with E-state index < -0.39 is 29.1 Å². The Hall–Kier alpha value is -1.47. The zero-order chi connectivity index (χ0) is 14.6. The Labute approximate surface area is 111 Å². The van der Waals surface area contributed by atoms with Gasteiger partial charge in [0.2, 0.25) is 5.91 Å². The van der Waals surface area contributed by atoms with Gasteiger partial charge in [-0.1, -0.05) is 0 Å². The van der Waals surface area contributed by atoms with Crippen LogP contribution in [0, 0.1) is 11.3 Å². The van der Waals surface area contributed by atoms with Crippen molar-refractivity contribution in [3.8, 4) is 0 Å². The highest BCUT2D eigenvalue weighted by Crippen LogP contribution is 2.40. The van der Waals surface area contributed by atoms with Crippen LogP contribution >= 0.6 is 0 Å². The number of ketones is 1. The highest BCUT2D eigenvalue weighted by Gasteiger charge is 2.49. The first-order valence-electron chi connectivity index (χ1n) is 6.35. The van der Waals surface area contributed by atoms with E-state index in [2.05, 4.69) is 0 Å². The number of carbonyl (C=O) groups is 3. The molecule has 0 spiro atoms. The summed E-state index contributed by atoms with van der Waals surface area (Å²) in [5, 5.41) is 9.38. The maximum absolute atomic E-state index is 12.2. The smallest absolute Gasteiger partial charge is 0.317 e. The SMILES string of the molecule is NCC1CCC(C(=O)O)(C(=O)[C@@H](N)CC(N)=O)CC1. The van der Waals surface area contributed by atoms with Gasteiger partial charge in [-0.15, -0.1) is 0 Å². The minimum absolute atomic E-state index is 0.218. The molecule has 1 amide bonds. The summed E-state index contributed by atoms with van der Waals surface area (Å²) >= 11 is 0. The van der Waals surface area contributed by atoms with Gasteiger partial charge in [0.15, 0.2) is 5.78 Å². The Morgan fingerprint density at radius 2 is 1.79 bits per heavy atom. The van der Waals surface area contributed by atoms with E-state index in [1.54, 1.807) is 0 Å². The van der Waals surface area contributed by atoms with E-state index in [1.165, 1.54) is 0 Å². The van der Waals surface area contributed by atoms with E-state index in [1.807, 2.05) is 0 Å². The number of hydrogen-bond acceptors (Lipinski definition) is 5. The molecule has 0 unspecified atom stereocenters. The van der Waals surface area contributed by atoms with Crippen molar-refractivity contribution in [2.75, 3.05) is 6.54 Å². The van der Waals surface area contributed by atoms with Crippen molar-refractivity contribution in [3.63, 3.8) is 0 Å². The summed E-state index contributed by atoms with van der Waals surface area (Å²) in [6, 6.07) is -1.15. The van der Waals surface area contributed by atoms with Gasteiger partial charge in [0.25, 0.3) is 0 Å². The predicted octanol–water partition coefficient (Wildman–Crippen LogP) is -1.02. The lowest BCUT2D eigenvalue weighted by molar-refractivity contribution is -0.159. The first-order chi connectivity index (χ1) is 8.83. The maximum atomic E-state index is 12.2. The normalized spacial score (nSPS) is 28.6. The van der Waals surface area contributed by atoms with E-state index in [0.29, 0.717) is 19.4 Å². The number of rotatable bonds is 6. The van der Waals surface area contributed by atoms with Crippen molar-refractivity contribution in [3.05, 3.63) is 0 Å². The second-order valence-corrected chi connectivity index (χ2v) is 5.21. The van der Waals surface area contributed by atoms with Crippen molar-refractivity contribution in [2.45, 2.75) is 38.1 Å². The molecule has 19 heavy (non-hydrogen) atoms. The second-order valence-electron chi connectivity index (χ2n) is 5.21. The number of amides is 1. The van der Waals surface area contributed by atoms with Gasteiger partial charge in [-0.2, -0.15) is 0 Å². The largest absolute Gasteiger partial charge is 0.480 e. The molecule has 0 aromatic rings. The number of carboxylic acid groups (broad SMARTS) is 1. The Kier molecular flexibility index (Phi) is 5.02. The van der Waals surface area contributed by atoms with Gasteiger partial charge in [0.05, 0.1) is 6.04 Å². The van der Waals surface area contributed by atoms with Crippen LogP contribution in [0.5, 0.6) is 0 Å². The van der Waals surface area contributed by atoms with E-state index in [4.69, 9.17) is 17.2 Å². The Morgan fingerprint density at radius 3 is 2.16 bits per heavy atom. The summed E-state index contributed by atoms with van der Waals surface area (Å²) in [7, 11) is 0. The molecule has 0 aromatic heterocycles. The molecule has 0 aliphatic heterocycles. The fraction of sp³-hybridized carbons (Fsp3) is 0.750. The van der Waals surface area contributed by atoms with Crippen LogP contribution in [0.2, 0.25) is 0 Å². The maximum Gasteiger partial charge on any atom is 0.317 e.